The molecule has 0 spiro atoms. The Morgan fingerprint density at radius 3 is 2.90 bits per heavy atom. The van der Waals surface area contributed by atoms with Crippen molar-refractivity contribution in [2.24, 2.45) is 0 Å². The van der Waals surface area contributed by atoms with E-state index >= 15 is 0 Å². The Kier molecular flexibility index (Phi) is 5.20. The zero-order chi connectivity index (χ0) is 14.4. The van der Waals surface area contributed by atoms with Crippen LogP contribution in [-0.2, 0) is 17.6 Å². The molecule has 2 rings (SSSR count). The van der Waals surface area contributed by atoms with Crippen LogP contribution in [0.4, 0.5) is 4.39 Å². The third kappa shape index (κ3) is 3.85. The van der Waals surface area contributed by atoms with Crippen molar-refractivity contribution in [3.63, 3.8) is 0 Å². The highest BCUT2D eigenvalue weighted by molar-refractivity contribution is 5.20. The normalized spacial score (nSPS) is 12.6. The number of likely N-dealkylation sites (N-methyl/N-ethyl adjacent to an activating group) is 1. The smallest absolute Gasteiger partial charge is 0.228 e. The number of aromatic nitrogens is 2. The molecule has 1 aromatic heterocycles. The Morgan fingerprint density at radius 2 is 2.20 bits per heavy atom. The van der Waals surface area contributed by atoms with Crippen LogP contribution in [0, 0.1) is 5.82 Å². The van der Waals surface area contributed by atoms with Gasteiger partial charge < -0.3 is 14.6 Å². The molecule has 0 aliphatic rings. The zero-order valence-electron chi connectivity index (χ0n) is 11.6. The van der Waals surface area contributed by atoms with E-state index in [0.717, 1.165) is 0 Å². The van der Waals surface area contributed by atoms with E-state index in [-0.39, 0.29) is 11.9 Å². The van der Waals surface area contributed by atoms with Gasteiger partial charge in [0.2, 0.25) is 5.89 Å². The highest BCUT2D eigenvalue weighted by atomic mass is 19.1. The van der Waals surface area contributed by atoms with Gasteiger partial charge in [-0.05, 0) is 18.7 Å². The first-order valence-electron chi connectivity index (χ1n) is 6.44. The average Bonchev–Trinajstić information content (AvgIpc) is 2.88. The van der Waals surface area contributed by atoms with Gasteiger partial charge in [-0.3, -0.25) is 0 Å². The third-order valence-corrected chi connectivity index (χ3v) is 3.01. The quantitative estimate of drug-likeness (QED) is 0.833. The molecule has 0 amide bonds. The van der Waals surface area contributed by atoms with E-state index in [4.69, 9.17) is 9.26 Å². The largest absolute Gasteiger partial charge is 0.383 e. The summed E-state index contributed by atoms with van der Waals surface area (Å²) in [6.07, 6.45) is 0.902. The van der Waals surface area contributed by atoms with E-state index in [1.54, 1.807) is 25.3 Å². The molecule has 1 N–H and O–H groups in total. The fourth-order valence-corrected chi connectivity index (χ4v) is 1.91. The second kappa shape index (κ2) is 7.12. The Balaban J connectivity index is 2.00. The van der Waals surface area contributed by atoms with Crippen molar-refractivity contribution in [2.45, 2.75) is 18.9 Å². The third-order valence-electron chi connectivity index (χ3n) is 3.01. The summed E-state index contributed by atoms with van der Waals surface area (Å²) < 4.78 is 23.8. The number of halogens is 1. The maximum atomic E-state index is 13.5. The molecule has 2 aromatic rings. The Labute approximate surface area is 117 Å². The van der Waals surface area contributed by atoms with Crippen molar-refractivity contribution in [1.29, 1.82) is 0 Å². The number of ether oxygens (including phenoxy) is 1. The van der Waals surface area contributed by atoms with E-state index in [1.165, 1.54) is 6.07 Å². The number of methoxy groups -OCH3 is 1. The van der Waals surface area contributed by atoms with Gasteiger partial charge in [0.15, 0.2) is 5.82 Å². The van der Waals surface area contributed by atoms with Gasteiger partial charge in [0.05, 0.1) is 6.61 Å². The molecule has 1 atom stereocenters. The van der Waals surface area contributed by atoms with Crippen LogP contribution in [0.1, 0.15) is 17.3 Å². The summed E-state index contributed by atoms with van der Waals surface area (Å²) in [7, 11) is 3.49. The summed E-state index contributed by atoms with van der Waals surface area (Å²) in [6, 6.07) is 6.69. The molecule has 5 nitrogen and oxygen atoms in total. The summed E-state index contributed by atoms with van der Waals surface area (Å²) in [5.74, 6) is 0.747. The van der Waals surface area contributed by atoms with E-state index in [9.17, 15) is 4.39 Å². The minimum atomic E-state index is -0.258. The summed E-state index contributed by atoms with van der Waals surface area (Å²) in [5.41, 5.74) is 0.557. The van der Waals surface area contributed by atoms with Crippen LogP contribution in [0.15, 0.2) is 28.8 Å². The van der Waals surface area contributed by atoms with Gasteiger partial charge in [-0.1, -0.05) is 23.4 Å². The molecular formula is C14H18FN3O2. The fraction of sp³-hybridized carbons (Fsp3) is 0.429. The molecule has 20 heavy (non-hydrogen) atoms. The first-order valence-corrected chi connectivity index (χ1v) is 6.44. The molecule has 0 saturated carbocycles. The molecule has 1 heterocycles. The van der Waals surface area contributed by atoms with Crippen molar-refractivity contribution in [3.05, 3.63) is 47.4 Å². The lowest BCUT2D eigenvalue weighted by Crippen LogP contribution is -2.32. The first-order chi connectivity index (χ1) is 9.72. The average molecular weight is 279 g/mol. The van der Waals surface area contributed by atoms with E-state index in [1.807, 2.05) is 7.05 Å². The topological polar surface area (TPSA) is 60.2 Å². The van der Waals surface area contributed by atoms with Crippen LogP contribution in [0.3, 0.4) is 0 Å². The molecule has 0 fully saturated rings. The van der Waals surface area contributed by atoms with Crippen molar-refractivity contribution in [1.82, 2.24) is 15.5 Å². The summed E-state index contributed by atoms with van der Waals surface area (Å²) in [6.45, 7) is 0.557. The number of benzene rings is 1. The molecule has 0 saturated heterocycles. The van der Waals surface area contributed by atoms with Crippen molar-refractivity contribution in [3.8, 4) is 0 Å². The Bertz CT molecular complexity index is 545. The number of rotatable bonds is 7. The van der Waals surface area contributed by atoms with Gasteiger partial charge in [0.25, 0.3) is 0 Å². The van der Waals surface area contributed by atoms with Crippen LogP contribution in [0.5, 0.6) is 0 Å². The molecule has 6 heteroatoms. The lowest BCUT2D eigenvalue weighted by molar-refractivity contribution is 0.165. The number of nitrogens with zero attached hydrogens (tertiary/aromatic N) is 2. The Hall–Kier alpha value is -1.79. The van der Waals surface area contributed by atoms with Gasteiger partial charge in [-0.2, -0.15) is 4.98 Å². The standard InChI is InChI=1S/C14H18FN3O2/c1-16-11(9-19-2)8-14-17-13(18-20-14)7-10-5-3-4-6-12(10)15/h3-6,11,16H,7-9H2,1-2H3. The number of nitrogens with one attached hydrogen (secondary N) is 1. The molecule has 0 bridgehead atoms. The van der Waals surface area contributed by atoms with Crippen molar-refractivity contribution >= 4 is 0 Å². The second-order valence-corrected chi connectivity index (χ2v) is 4.52. The lowest BCUT2D eigenvalue weighted by Gasteiger charge is -2.11. The first kappa shape index (κ1) is 14.6. The van der Waals surface area contributed by atoms with Crippen LogP contribution >= 0.6 is 0 Å². The van der Waals surface area contributed by atoms with Crippen LogP contribution < -0.4 is 5.32 Å². The molecule has 1 unspecified atom stereocenters. The van der Waals surface area contributed by atoms with E-state index < -0.39 is 0 Å². The van der Waals surface area contributed by atoms with Gasteiger partial charge in [0, 0.05) is 26.0 Å². The highest BCUT2D eigenvalue weighted by Crippen LogP contribution is 2.11. The molecule has 0 aliphatic carbocycles. The van der Waals surface area contributed by atoms with Gasteiger partial charge >= 0.3 is 0 Å². The van der Waals surface area contributed by atoms with Crippen molar-refractivity contribution < 1.29 is 13.7 Å². The summed E-state index contributed by atoms with van der Waals surface area (Å²) in [5, 5.41) is 6.99. The van der Waals surface area contributed by atoms with Crippen LogP contribution in [-0.4, -0.2) is 36.9 Å². The predicted molar refractivity (Wildman–Crippen MR) is 71.9 cm³/mol. The van der Waals surface area contributed by atoms with Gasteiger partial charge in [-0.15, -0.1) is 0 Å². The van der Waals surface area contributed by atoms with E-state index in [2.05, 4.69) is 15.5 Å². The van der Waals surface area contributed by atoms with E-state index in [0.29, 0.717) is 36.7 Å². The maximum Gasteiger partial charge on any atom is 0.228 e. The monoisotopic (exact) mass is 279 g/mol. The predicted octanol–water partition coefficient (Wildman–Crippen LogP) is 1.58. The van der Waals surface area contributed by atoms with Crippen molar-refractivity contribution in [2.75, 3.05) is 20.8 Å². The molecule has 108 valence electrons. The Morgan fingerprint density at radius 1 is 1.40 bits per heavy atom. The SMILES string of the molecule is CNC(COC)Cc1nc(Cc2ccccc2F)no1. The van der Waals surface area contributed by atoms with Gasteiger partial charge in [0.1, 0.15) is 5.82 Å². The molecule has 0 radical (unpaired) electrons. The molecule has 1 aromatic carbocycles. The second-order valence-electron chi connectivity index (χ2n) is 4.52. The van der Waals surface area contributed by atoms with Gasteiger partial charge in [-0.25, -0.2) is 4.39 Å². The van der Waals surface area contributed by atoms with Crippen LogP contribution in [0.25, 0.3) is 0 Å². The van der Waals surface area contributed by atoms with Crippen LogP contribution in [0.2, 0.25) is 0 Å². The lowest BCUT2D eigenvalue weighted by atomic mass is 10.1. The summed E-state index contributed by atoms with van der Waals surface area (Å²) >= 11 is 0. The maximum absolute atomic E-state index is 13.5. The molecular weight excluding hydrogens is 261 g/mol. The fourth-order valence-electron chi connectivity index (χ4n) is 1.91. The number of hydrogen-bond donors (Lipinski definition) is 1. The summed E-state index contributed by atoms with van der Waals surface area (Å²) in [4.78, 5) is 4.28. The molecule has 0 aliphatic heterocycles. The minimum Gasteiger partial charge on any atom is -0.383 e. The zero-order valence-corrected chi connectivity index (χ0v) is 11.6. The highest BCUT2D eigenvalue weighted by Gasteiger charge is 2.14. The number of hydrogen-bond acceptors (Lipinski definition) is 5. The minimum absolute atomic E-state index is 0.113.